The molecule has 2 N–H and O–H groups in total. The lowest BCUT2D eigenvalue weighted by molar-refractivity contribution is -0.143. The van der Waals surface area contributed by atoms with Crippen LogP contribution in [0.1, 0.15) is 32.1 Å². The summed E-state index contributed by atoms with van der Waals surface area (Å²) in [6, 6.07) is 3.18. The van der Waals surface area contributed by atoms with Gasteiger partial charge in [0.2, 0.25) is 5.91 Å². The van der Waals surface area contributed by atoms with E-state index in [0.29, 0.717) is 18.2 Å². The molecule has 0 radical (unpaired) electrons. The number of carbonyl (C=O) groups is 2. The summed E-state index contributed by atoms with van der Waals surface area (Å²) in [6.07, 6.45) is 6.60. The normalized spacial score (nSPS) is 27.4. The van der Waals surface area contributed by atoms with Crippen LogP contribution in [0.25, 0.3) is 0 Å². The Labute approximate surface area is 143 Å². The smallest absolute Gasteiger partial charge is 0.320 e. The largest absolute Gasteiger partial charge is 0.480 e. The van der Waals surface area contributed by atoms with Crippen molar-refractivity contribution in [3.8, 4) is 0 Å². The number of halogens is 1. The van der Waals surface area contributed by atoms with Gasteiger partial charge in [-0.1, -0.05) is 12.8 Å². The first kappa shape index (κ1) is 16.4. The minimum absolute atomic E-state index is 0.107. The minimum atomic E-state index is -0.825. The maximum absolute atomic E-state index is 12.3. The van der Waals surface area contributed by atoms with Crippen molar-refractivity contribution < 1.29 is 14.7 Å². The molecular formula is C16H20BrN3O3. The van der Waals surface area contributed by atoms with Gasteiger partial charge in [-0.3, -0.25) is 14.5 Å². The summed E-state index contributed by atoms with van der Waals surface area (Å²) in [4.78, 5) is 29.8. The molecule has 2 aliphatic rings. The van der Waals surface area contributed by atoms with Gasteiger partial charge in [0.05, 0.1) is 6.54 Å². The van der Waals surface area contributed by atoms with E-state index in [0.717, 1.165) is 30.2 Å². The second kappa shape index (κ2) is 6.97. The minimum Gasteiger partial charge on any atom is -0.480 e. The van der Waals surface area contributed by atoms with Gasteiger partial charge >= 0.3 is 5.97 Å². The number of fused-ring (bicyclic) bond motifs is 1. The summed E-state index contributed by atoms with van der Waals surface area (Å²) in [5, 5.41) is 12.2. The predicted molar refractivity (Wildman–Crippen MR) is 89.1 cm³/mol. The van der Waals surface area contributed by atoms with Crippen molar-refractivity contribution >= 4 is 33.6 Å². The molecule has 1 saturated heterocycles. The molecule has 2 heterocycles. The summed E-state index contributed by atoms with van der Waals surface area (Å²) in [7, 11) is 0. The van der Waals surface area contributed by atoms with E-state index in [1.165, 1.54) is 0 Å². The molecule has 124 valence electrons. The number of aromatic nitrogens is 1. The molecule has 3 rings (SSSR count). The lowest BCUT2D eigenvalue weighted by Crippen LogP contribution is -2.46. The molecule has 3 atom stereocenters. The predicted octanol–water partition coefficient (Wildman–Crippen LogP) is 2.50. The lowest BCUT2D eigenvalue weighted by atomic mass is 9.85. The van der Waals surface area contributed by atoms with Gasteiger partial charge in [0.15, 0.2) is 0 Å². The molecule has 1 saturated carbocycles. The summed E-state index contributed by atoms with van der Waals surface area (Å²) in [5.74, 6) is -0.154. The van der Waals surface area contributed by atoms with Crippen molar-refractivity contribution in [3.63, 3.8) is 0 Å². The highest BCUT2D eigenvalue weighted by atomic mass is 79.9. The van der Waals surface area contributed by atoms with Gasteiger partial charge in [0.25, 0.3) is 0 Å². The van der Waals surface area contributed by atoms with Crippen LogP contribution in [-0.2, 0) is 9.59 Å². The van der Waals surface area contributed by atoms with Crippen molar-refractivity contribution in [2.45, 2.75) is 44.2 Å². The highest BCUT2D eigenvalue weighted by molar-refractivity contribution is 9.10. The summed E-state index contributed by atoms with van der Waals surface area (Å²) in [6.45, 7) is 0.107. The number of pyridine rings is 1. The number of carboxylic acids is 1. The van der Waals surface area contributed by atoms with Crippen LogP contribution in [0.4, 0.5) is 5.82 Å². The standard InChI is InChI=1S/C16H20BrN3O3/c17-11-5-6-14(18-8-11)19-15(21)9-20-12-4-2-1-3-10(12)7-13(20)16(22)23/h5-6,8,10,12-13H,1-4,7,9H2,(H,22,23)(H,18,19,21)/t10-,12+,13-/m0/s1. The maximum atomic E-state index is 12.3. The highest BCUT2D eigenvalue weighted by Crippen LogP contribution is 2.39. The van der Waals surface area contributed by atoms with E-state index < -0.39 is 12.0 Å². The Bertz CT molecular complexity index is 593. The molecule has 1 amide bonds. The molecule has 1 aliphatic heterocycles. The fourth-order valence-electron chi connectivity index (χ4n) is 3.82. The van der Waals surface area contributed by atoms with Gasteiger partial charge in [0.1, 0.15) is 11.9 Å². The Morgan fingerprint density at radius 1 is 1.35 bits per heavy atom. The second-order valence-corrected chi connectivity index (χ2v) is 7.20. The zero-order valence-corrected chi connectivity index (χ0v) is 14.3. The van der Waals surface area contributed by atoms with Crippen LogP contribution in [0.5, 0.6) is 0 Å². The van der Waals surface area contributed by atoms with Gasteiger partial charge in [0, 0.05) is 16.7 Å². The molecule has 23 heavy (non-hydrogen) atoms. The Morgan fingerprint density at radius 2 is 2.13 bits per heavy atom. The molecule has 0 unspecified atom stereocenters. The number of amides is 1. The van der Waals surface area contributed by atoms with Gasteiger partial charge in [-0.15, -0.1) is 0 Å². The third-order valence-electron chi connectivity index (χ3n) is 4.83. The number of likely N-dealkylation sites (tertiary alicyclic amines) is 1. The number of nitrogens with zero attached hydrogens (tertiary/aromatic N) is 2. The lowest BCUT2D eigenvalue weighted by Gasteiger charge is -2.32. The molecule has 7 heteroatoms. The third kappa shape index (κ3) is 3.72. The van der Waals surface area contributed by atoms with E-state index in [1.807, 2.05) is 4.90 Å². The Kier molecular flexibility index (Phi) is 4.96. The fourth-order valence-corrected chi connectivity index (χ4v) is 4.06. The number of carbonyl (C=O) groups excluding carboxylic acids is 1. The number of hydrogen-bond acceptors (Lipinski definition) is 4. The van der Waals surface area contributed by atoms with E-state index in [9.17, 15) is 14.7 Å². The average molecular weight is 382 g/mol. The number of rotatable bonds is 4. The van der Waals surface area contributed by atoms with E-state index in [4.69, 9.17) is 0 Å². The van der Waals surface area contributed by atoms with Crippen LogP contribution >= 0.6 is 15.9 Å². The monoisotopic (exact) mass is 381 g/mol. The van der Waals surface area contributed by atoms with E-state index in [2.05, 4.69) is 26.2 Å². The zero-order chi connectivity index (χ0) is 16.4. The second-order valence-electron chi connectivity index (χ2n) is 6.28. The summed E-state index contributed by atoms with van der Waals surface area (Å²) >= 11 is 3.30. The number of anilines is 1. The Hall–Kier alpha value is -1.47. The number of hydrogen-bond donors (Lipinski definition) is 2. The van der Waals surface area contributed by atoms with E-state index >= 15 is 0 Å². The van der Waals surface area contributed by atoms with Crippen molar-refractivity contribution in [1.82, 2.24) is 9.88 Å². The first-order valence-electron chi connectivity index (χ1n) is 7.94. The quantitative estimate of drug-likeness (QED) is 0.836. The maximum Gasteiger partial charge on any atom is 0.320 e. The molecular weight excluding hydrogens is 362 g/mol. The summed E-state index contributed by atoms with van der Waals surface area (Å²) in [5.41, 5.74) is 0. The molecule has 0 spiro atoms. The topological polar surface area (TPSA) is 82.5 Å². The van der Waals surface area contributed by atoms with Crippen molar-refractivity contribution in [1.29, 1.82) is 0 Å². The highest BCUT2D eigenvalue weighted by Gasteiger charge is 2.45. The molecule has 0 aromatic carbocycles. The molecule has 6 nitrogen and oxygen atoms in total. The summed E-state index contributed by atoms with van der Waals surface area (Å²) < 4.78 is 0.839. The van der Waals surface area contributed by atoms with Crippen LogP contribution in [0.2, 0.25) is 0 Å². The first-order valence-corrected chi connectivity index (χ1v) is 8.74. The average Bonchev–Trinajstić information content (AvgIpc) is 2.89. The van der Waals surface area contributed by atoms with Crippen LogP contribution in [-0.4, -0.2) is 45.5 Å². The number of carboxylic acid groups (broad SMARTS) is 1. The Morgan fingerprint density at radius 3 is 2.83 bits per heavy atom. The molecule has 1 aromatic rings. The van der Waals surface area contributed by atoms with Crippen LogP contribution < -0.4 is 5.32 Å². The van der Waals surface area contributed by atoms with E-state index in [1.54, 1.807) is 18.3 Å². The molecule has 2 fully saturated rings. The molecule has 1 aliphatic carbocycles. The Balaban J connectivity index is 1.67. The van der Waals surface area contributed by atoms with Crippen molar-refractivity contribution in [2.75, 3.05) is 11.9 Å². The first-order chi connectivity index (χ1) is 11.0. The van der Waals surface area contributed by atoms with Gasteiger partial charge in [-0.2, -0.15) is 0 Å². The number of aliphatic carboxylic acids is 1. The van der Waals surface area contributed by atoms with E-state index in [-0.39, 0.29) is 18.5 Å². The van der Waals surface area contributed by atoms with Gasteiger partial charge in [-0.05, 0) is 53.2 Å². The van der Waals surface area contributed by atoms with Crippen LogP contribution in [0, 0.1) is 5.92 Å². The number of nitrogens with one attached hydrogen (secondary N) is 1. The van der Waals surface area contributed by atoms with Gasteiger partial charge in [-0.25, -0.2) is 4.98 Å². The molecule has 0 bridgehead atoms. The fraction of sp³-hybridized carbons (Fsp3) is 0.562. The van der Waals surface area contributed by atoms with Gasteiger partial charge < -0.3 is 10.4 Å². The van der Waals surface area contributed by atoms with Crippen molar-refractivity contribution in [3.05, 3.63) is 22.8 Å². The molecule has 1 aromatic heterocycles. The van der Waals surface area contributed by atoms with Crippen molar-refractivity contribution in [2.24, 2.45) is 5.92 Å². The zero-order valence-electron chi connectivity index (χ0n) is 12.7. The van der Waals surface area contributed by atoms with Crippen LogP contribution in [0.15, 0.2) is 22.8 Å². The van der Waals surface area contributed by atoms with Crippen LogP contribution in [0.3, 0.4) is 0 Å². The third-order valence-corrected chi connectivity index (χ3v) is 5.30. The SMILES string of the molecule is O=C(CN1[C@@H]2CCCC[C@H]2C[C@H]1C(=O)O)Nc1ccc(Br)cn1.